The third-order valence-electron chi connectivity index (χ3n) is 4.65. The van der Waals surface area contributed by atoms with Crippen LogP contribution in [0.3, 0.4) is 0 Å². The Labute approximate surface area is 171 Å². The van der Waals surface area contributed by atoms with Crippen molar-refractivity contribution in [2.45, 2.75) is 30.8 Å². The molecule has 1 aromatic heterocycles. The number of amides is 1. The van der Waals surface area contributed by atoms with E-state index in [0.29, 0.717) is 17.0 Å². The average Bonchev–Trinajstić information content (AvgIpc) is 3.32. The molecule has 0 aliphatic carbocycles. The molecule has 1 saturated heterocycles. The highest BCUT2D eigenvalue weighted by Gasteiger charge is 2.43. The van der Waals surface area contributed by atoms with Crippen LogP contribution in [0.25, 0.3) is 11.4 Å². The van der Waals surface area contributed by atoms with E-state index >= 15 is 0 Å². The molecule has 0 saturated carbocycles. The molecule has 1 amide bonds. The summed E-state index contributed by atoms with van der Waals surface area (Å²) in [6.07, 6.45) is -3.83. The normalized spacial score (nSPS) is 23.3. The van der Waals surface area contributed by atoms with Gasteiger partial charge in [-0.1, -0.05) is 17.3 Å². The summed E-state index contributed by atoms with van der Waals surface area (Å²) in [5.41, 5.74) is 1.02. The summed E-state index contributed by atoms with van der Waals surface area (Å²) in [6.45, 7) is -0.0846. The van der Waals surface area contributed by atoms with Gasteiger partial charge in [0.2, 0.25) is 17.6 Å². The summed E-state index contributed by atoms with van der Waals surface area (Å²) in [5, 5.41) is 26.9. The van der Waals surface area contributed by atoms with Crippen LogP contribution in [0.15, 0.2) is 28.8 Å². The highest BCUT2D eigenvalue weighted by Crippen LogP contribution is 2.25. The second-order valence-corrected chi connectivity index (χ2v) is 6.72. The molecule has 1 fully saturated rings. The number of nitrogens with zero attached hydrogens (tertiary/aromatic N) is 2. The van der Waals surface area contributed by atoms with E-state index in [0.717, 1.165) is 0 Å². The number of hydrogen-bond acceptors (Lipinski definition) is 10. The summed E-state index contributed by atoms with van der Waals surface area (Å²) in [4.78, 5) is 27.2. The van der Waals surface area contributed by atoms with E-state index in [1.807, 2.05) is 0 Å². The molecule has 0 radical (unpaired) electrons. The third-order valence-corrected chi connectivity index (χ3v) is 4.65. The van der Waals surface area contributed by atoms with Gasteiger partial charge in [-0.15, -0.1) is 0 Å². The highest BCUT2D eigenvalue weighted by atomic mass is 16.5. The number of esters is 1. The van der Waals surface area contributed by atoms with Crippen molar-refractivity contribution in [2.75, 3.05) is 27.4 Å². The maximum atomic E-state index is 11.5. The Kier molecular flexibility index (Phi) is 7.11. The number of ether oxygens (including phenoxy) is 3. The fourth-order valence-electron chi connectivity index (χ4n) is 3.06. The molecule has 2 heterocycles. The number of aromatic nitrogens is 2. The van der Waals surface area contributed by atoms with Crippen LogP contribution >= 0.6 is 0 Å². The second-order valence-electron chi connectivity index (χ2n) is 6.72. The number of aliphatic hydroxyl groups excluding tert-OH is 2. The largest absolute Gasteiger partial charge is 0.465 e. The van der Waals surface area contributed by atoms with Crippen LogP contribution in [0.1, 0.15) is 16.2 Å². The molecule has 0 bridgehead atoms. The molecular weight excluding hydrogens is 398 g/mol. The lowest BCUT2D eigenvalue weighted by molar-refractivity contribution is -0.125. The molecule has 3 rings (SSSR count). The zero-order valence-electron chi connectivity index (χ0n) is 16.5. The molecule has 1 aliphatic heterocycles. The standard InChI is InChI=1S/C19H23N3O8/c1-27-9-14(23)20-8-13-17(25)16(24)12(29-13)7-15-21-18(22-30-15)10-3-5-11(6-4-10)19(26)28-2/h3-6,12-13,16-17,24-25H,7-9H2,1-2H3,(H,20,23). The SMILES string of the molecule is COCC(=O)NCC1OC(Cc2nc(-c3ccc(C(=O)OC)cc3)no2)C(O)C1O. The predicted octanol–water partition coefficient (Wildman–Crippen LogP) is -0.682. The van der Waals surface area contributed by atoms with Crippen LogP contribution < -0.4 is 5.32 Å². The minimum absolute atomic E-state index is 0.0263. The Balaban J connectivity index is 1.60. The molecule has 1 aliphatic rings. The number of aliphatic hydroxyl groups is 2. The van der Waals surface area contributed by atoms with Crippen molar-refractivity contribution in [2.24, 2.45) is 0 Å². The molecule has 162 valence electrons. The number of benzene rings is 1. The lowest BCUT2D eigenvalue weighted by atomic mass is 10.1. The first kappa shape index (κ1) is 21.8. The van der Waals surface area contributed by atoms with Crippen LogP contribution in [0.5, 0.6) is 0 Å². The van der Waals surface area contributed by atoms with E-state index in [1.54, 1.807) is 24.3 Å². The Bertz CT molecular complexity index is 869. The monoisotopic (exact) mass is 421 g/mol. The van der Waals surface area contributed by atoms with E-state index in [4.69, 9.17) is 14.0 Å². The van der Waals surface area contributed by atoms with Crippen molar-refractivity contribution in [3.63, 3.8) is 0 Å². The lowest BCUT2D eigenvalue weighted by Gasteiger charge is -2.15. The van der Waals surface area contributed by atoms with Gasteiger partial charge in [0.1, 0.15) is 24.9 Å². The molecule has 11 heteroatoms. The van der Waals surface area contributed by atoms with Crippen molar-refractivity contribution in [3.8, 4) is 11.4 Å². The minimum atomic E-state index is -1.18. The fraction of sp³-hybridized carbons (Fsp3) is 0.474. The molecule has 4 unspecified atom stereocenters. The van der Waals surface area contributed by atoms with E-state index in [9.17, 15) is 19.8 Å². The molecule has 0 spiro atoms. The molecule has 4 atom stereocenters. The Hall–Kier alpha value is -2.86. The van der Waals surface area contributed by atoms with E-state index in [2.05, 4.69) is 20.2 Å². The first-order chi connectivity index (χ1) is 14.4. The first-order valence-corrected chi connectivity index (χ1v) is 9.21. The highest BCUT2D eigenvalue weighted by molar-refractivity contribution is 5.89. The average molecular weight is 421 g/mol. The van der Waals surface area contributed by atoms with Gasteiger partial charge in [0, 0.05) is 19.2 Å². The van der Waals surface area contributed by atoms with Crippen LogP contribution in [0.4, 0.5) is 0 Å². The van der Waals surface area contributed by atoms with Gasteiger partial charge in [-0.05, 0) is 12.1 Å². The summed E-state index contributed by atoms with van der Waals surface area (Å²) in [6, 6.07) is 6.48. The van der Waals surface area contributed by atoms with Gasteiger partial charge in [-0.25, -0.2) is 4.79 Å². The van der Waals surface area contributed by atoms with Crippen molar-refractivity contribution in [3.05, 3.63) is 35.7 Å². The van der Waals surface area contributed by atoms with Crippen LogP contribution in [-0.4, -0.2) is 84.0 Å². The van der Waals surface area contributed by atoms with Gasteiger partial charge in [0.25, 0.3) is 0 Å². The van der Waals surface area contributed by atoms with Crippen molar-refractivity contribution < 1.29 is 38.5 Å². The van der Waals surface area contributed by atoms with E-state index < -0.39 is 30.4 Å². The smallest absolute Gasteiger partial charge is 0.337 e. The van der Waals surface area contributed by atoms with Crippen LogP contribution in [0.2, 0.25) is 0 Å². The number of methoxy groups -OCH3 is 2. The topological polar surface area (TPSA) is 153 Å². The first-order valence-electron chi connectivity index (χ1n) is 9.21. The quantitative estimate of drug-likeness (QED) is 0.467. The zero-order chi connectivity index (χ0) is 21.7. The number of carbonyl (C=O) groups is 2. The molecule has 30 heavy (non-hydrogen) atoms. The summed E-state index contributed by atoms with van der Waals surface area (Å²) < 4.78 is 20.2. The van der Waals surface area contributed by atoms with Crippen molar-refractivity contribution in [1.82, 2.24) is 15.5 Å². The maximum Gasteiger partial charge on any atom is 0.337 e. The minimum Gasteiger partial charge on any atom is -0.465 e. The summed E-state index contributed by atoms with van der Waals surface area (Å²) >= 11 is 0. The Morgan fingerprint density at radius 2 is 1.83 bits per heavy atom. The molecule has 2 aromatic rings. The van der Waals surface area contributed by atoms with Gasteiger partial charge < -0.3 is 34.3 Å². The van der Waals surface area contributed by atoms with Gasteiger partial charge in [0.15, 0.2) is 0 Å². The van der Waals surface area contributed by atoms with Crippen LogP contribution in [-0.2, 0) is 25.4 Å². The third kappa shape index (κ3) is 5.00. The van der Waals surface area contributed by atoms with Crippen molar-refractivity contribution in [1.29, 1.82) is 0 Å². The Morgan fingerprint density at radius 1 is 1.13 bits per heavy atom. The van der Waals surface area contributed by atoms with E-state index in [-0.39, 0.29) is 31.4 Å². The molecule has 3 N–H and O–H groups in total. The van der Waals surface area contributed by atoms with Gasteiger partial charge in [0.05, 0.1) is 25.2 Å². The number of carbonyl (C=O) groups excluding carboxylic acids is 2. The molecule has 11 nitrogen and oxygen atoms in total. The van der Waals surface area contributed by atoms with Gasteiger partial charge in [-0.2, -0.15) is 4.98 Å². The summed E-state index contributed by atoms with van der Waals surface area (Å²) in [7, 11) is 2.70. The second kappa shape index (κ2) is 9.76. The number of hydrogen-bond donors (Lipinski definition) is 3. The maximum absolute atomic E-state index is 11.5. The van der Waals surface area contributed by atoms with Crippen LogP contribution in [0, 0.1) is 0 Å². The van der Waals surface area contributed by atoms with Crippen molar-refractivity contribution >= 4 is 11.9 Å². The Morgan fingerprint density at radius 3 is 2.50 bits per heavy atom. The molecule has 1 aromatic carbocycles. The number of nitrogens with one attached hydrogen (secondary N) is 1. The summed E-state index contributed by atoms with van der Waals surface area (Å²) in [5.74, 6) is -0.291. The zero-order valence-corrected chi connectivity index (χ0v) is 16.5. The lowest BCUT2D eigenvalue weighted by Crippen LogP contribution is -2.40. The fourth-order valence-corrected chi connectivity index (χ4v) is 3.06. The number of rotatable bonds is 8. The molecular formula is C19H23N3O8. The van der Waals surface area contributed by atoms with E-state index in [1.165, 1.54) is 14.2 Å². The van der Waals surface area contributed by atoms with Gasteiger partial charge in [-0.3, -0.25) is 4.79 Å². The van der Waals surface area contributed by atoms with Gasteiger partial charge >= 0.3 is 5.97 Å². The predicted molar refractivity (Wildman–Crippen MR) is 100 cm³/mol.